The van der Waals surface area contributed by atoms with E-state index in [-0.39, 0.29) is 6.04 Å². The molecule has 9 heteroatoms. The van der Waals surface area contributed by atoms with Crippen molar-refractivity contribution in [3.05, 3.63) is 69.5 Å². The maximum atomic E-state index is 12.3. The van der Waals surface area contributed by atoms with Crippen LogP contribution in [0.5, 0.6) is 0 Å². The van der Waals surface area contributed by atoms with E-state index in [0.717, 1.165) is 16.8 Å². The SMILES string of the molecule is CC(C)(C)OC(=O)N[C@H](/C=N/Nc1nc(-c2ccc(Cl)c(Cl)c2)cs1)Cc1ccccc1. The van der Waals surface area contributed by atoms with E-state index < -0.39 is 11.7 Å². The number of benzene rings is 2. The Balaban J connectivity index is 1.67. The molecule has 2 aromatic carbocycles. The first-order chi connectivity index (χ1) is 15.2. The van der Waals surface area contributed by atoms with Crippen LogP contribution < -0.4 is 10.7 Å². The van der Waals surface area contributed by atoms with E-state index in [2.05, 4.69) is 20.8 Å². The molecule has 1 aromatic heterocycles. The number of alkyl carbamates (subject to hydrolysis) is 1. The highest BCUT2D eigenvalue weighted by molar-refractivity contribution is 7.14. The molecule has 0 fully saturated rings. The van der Waals surface area contributed by atoms with Crippen LogP contribution in [0.3, 0.4) is 0 Å². The minimum absolute atomic E-state index is 0.366. The minimum atomic E-state index is -0.585. The predicted molar refractivity (Wildman–Crippen MR) is 133 cm³/mol. The van der Waals surface area contributed by atoms with Crippen LogP contribution >= 0.6 is 34.5 Å². The van der Waals surface area contributed by atoms with E-state index >= 15 is 0 Å². The van der Waals surface area contributed by atoms with Crippen LogP contribution in [-0.2, 0) is 11.2 Å². The van der Waals surface area contributed by atoms with Gasteiger partial charge in [-0.2, -0.15) is 5.10 Å². The zero-order chi connectivity index (χ0) is 23.1. The molecule has 0 aliphatic rings. The molecule has 168 valence electrons. The monoisotopic (exact) mass is 490 g/mol. The van der Waals surface area contributed by atoms with E-state index in [1.807, 2.05) is 62.5 Å². The van der Waals surface area contributed by atoms with Crippen LogP contribution in [0.25, 0.3) is 11.3 Å². The van der Waals surface area contributed by atoms with Crippen molar-refractivity contribution in [1.29, 1.82) is 0 Å². The number of rotatable bonds is 7. The Morgan fingerprint density at radius 3 is 2.62 bits per heavy atom. The molecule has 0 spiro atoms. The van der Waals surface area contributed by atoms with Crippen LogP contribution in [-0.4, -0.2) is 28.9 Å². The van der Waals surface area contributed by atoms with Crippen molar-refractivity contribution in [1.82, 2.24) is 10.3 Å². The summed E-state index contributed by atoms with van der Waals surface area (Å²) in [5.41, 5.74) is 5.03. The Hall–Kier alpha value is -2.61. The highest BCUT2D eigenvalue weighted by Gasteiger charge is 2.19. The Kier molecular flexibility index (Phi) is 8.12. The van der Waals surface area contributed by atoms with Gasteiger partial charge in [0.15, 0.2) is 0 Å². The van der Waals surface area contributed by atoms with Crippen molar-refractivity contribution in [2.45, 2.75) is 38.8 Å². The van der Waals surface area contributed by atoms with Crippen molar-refractivity contribution < 1.29 is 9.53 Å². The van der Waals surface area contributed by atoms with Gasteiger partial charge in [0, 0.05) is 17.2 Å². The van der Waals surface area contributed by atoms with Crippen LogP contribution in [0.2, 0.25) is 10.0 Å². The highest BCUT2D eigenvalue weighted by atomic mass is 35.5. The van der Waals surface area contributed by atoms with Gasteiger partial charge in [0.25, 0.3) is 0 Å². The van der Waals surface area contributed by atoms with Gasteiger partial charge in [0.05, 0.1) is 21.8 Å². The molecule has 0 aliphatic heterocycles. The van der Waals surface area contributed by atoms with E-state index in [0.29, 0.717) is 21.6 Å². The molecule has 1 atom stereocenters. The second-order valence-electron chi connectivity index (χ2n) is 8.00. The van der Waals surface area contributed by atoms with E-state index in [1.165, 1.54) is 11.3 Å². The number of nitrogens with one attached hydrogen (secondary N) is 2. The van der Waals surface area contributed by atoms with E-state index in [4.69, 9.17) is 27.9 Å². The molecule has 0 radical (unpaired) electrons. The summed E-state index contributed by atoms with van der Waals surface area (Å²) >= 11 is 13.5. The van der Waals surface area contributed by atoms with Gasteiger partial charge in [-0.25, -0.2) is 9.78 Å². The lowest BCUT2D eigenvalue weighted by molar-refractivity contribution is 0.0519. The zero-order valence-corrected chi connectivity index (χ0v) is 20.3. The van der Waals surface area contributed by atoms with Crippen molar-refractivity contribution in [3.63, 3.8) is 0 Å². The third kappa shape index (κ3) is 7.51. The third-order valence-corrected chi connectivity index (χ3v) is 5.62. The maximum Gasteiger partial charge on any atom is 0.408 e. The van der Waals surface area contributed by atoms with Crippen molar-refractivity contribution in [2.24, 2.45) is 5.10 Å². The van der Waals surface area contributed by atoms with Gasteiger partial charge in [-0.1, -0.05) is 59.6 Å². The molecule has 0 aliphatic carbocycles. The summed E-state index contributed by atoms with van der Waals surface area (Å²) in [4.78, 5) is 16.8. The molecule has 1 heterocycles. The van der Waals surface area contributed by atoms with Gasteiger partial charge in [-0.05, 0) is 44.9 Å². The molecule has 3 rings (SSSR count). The predicted octanol–water partition coefficient (Wildman–Crippen LogP) is 6.65. The maximum absolute atomic E-state index is 12.3. The number of halogens is 2. The Labute approximate surface area is 201 Å². The molecular weight excluding hydrogens is 467 g/mol. The number of hydrogen-bond acceptors (Lipinski definition) is 6. The first-order valence-electron chi connectivity index (χ1n) is 9.93. The molecular formula is C23H24Cl2N4O2S. The fourth-order valence-electron chi connectivity index (χ4n) is 2.76. The molecule has 6 nitrogen and oxygen atoms in total. The summed E-state index contributed by atoms with van der Waals surface area (Å²) in [6, 6.07) is 14.8. The fourth-order valence-corrected chi connectivity index (χ4v) is 3.73. The number of hydrazone groups is 1. The Bertz CT molecular complexity index is 1080. The molecule has 32 heavy (non-hydrogen) atoms. The standard InChI is InChI=1S/C23H24Cl2N4O2S/c1-23(2,3)31-22(30)27-17(11-15-7-5-4-6-8-15)13-26-29-21-28-20(14-32-21)16-9-10-18(24)19(25)12-16/h4-10,12-14,17H,11H2,1-3H3,(H,27,30)(H,28,29)/b26-13+/t17-/m0/s1. The second-order valence-corrected chi connectivity index (χ2v) is 9.67. The average Bonchev–Trinajstić information content (AvgIpc) is 3.18. The second kappa shape index (κ2) is 10.8. The lowest BCUT2D eigenvalue weighted by atomic mass is 10.1. The van der Waals surface area contributed by atoms with Crippen molar-refractivity contribution >= 4 is 52.0 Å². The largest absolute Gasteiger partial charge is 0.444 e. The van der Waals surface area contributed by atoms with Crippen LogP contribution in [0, 0.1) is 0 Å². The van der Waals surface area contributed by atoms with Crippen molar-refractivity contribution in [3.8, 4) is 11.3 Å². The molecule has 2 N–H and O–H groups in total. The topological polar surface area (TPSA) is 75.6 Å². The summed E-state index contributed by atoms with van der Waals surface area (Å²) in [5.74, 6) is 0. The number of amides is 1. The highest BCUT2D eigenvalue weighted by Crippen LogP contribution is 2.30. The first kappa shape index (κ1) is 24.0. The summed E-state index contributed by atoms with van der Waals surface area (Å²) in [7, 11) is 0. The number of thiazole rings is 1. The summed E-state index contributed by atoms with van der Waals surface area (Å²) < 4.78 is 5.38. The fraction of sp³-hybridized carbons (Fsp3) is 0.261. The van der Waals surface area contributed by atoms with Crippen LogP contribution in [0.15, 0.2) is 59.0 Å². The third-order valence-electron chi connectivity index (χ3n) is 4.13. The summed E-state index contributed by atoms with van der Waals surface area (Å²) in [5, 5.41) is 10.6. The number of carbonyl (C=O) groups excluding carboxylic acids is 1. The quantitative estimate of drug-likeness (QED) is 0.287. The number of carbonyl (C=O) groups is 1. The lowest BCUT2D eigenvalue weighted by Crippen LogP contribution is -2.41. The number of anilines is 1. The first-order valence-corrected chi connectivity index (χ1v) is 11.6. The van der Waals surface area contributed by atoms with Gasteiger partial charge in [0.1, 0.15) is 5.60 Å². The van der Waals surface area contributed by atoms with E-state index in [9.17, 15) is 4.79 Å². The van der Waals surface area contributed by atoms with Gasteiger partial charge in [0.2, 0.25) is 5.13 Å². The van der Waals surface area contributed by atoms with E-state index in [1.54, 1.807) is 18.3 Å². The average molecular weight is 491 g/mol. The van der Waals surface area contributed by atoms with Crippen LogP contribution in [0.1, 0.15) is 26.3 Å². The molecule has 0 unspecified atom stereocenters. The number of hydrogen-bond donors (Lipinski definition) is 2. The molecule has 0 bridgehead atoms. The van der Waals surface area contributed by atoms with Gasteiger partial charge in [-0.15, -0.1) is 11.3 Å². The molecule has 0 saturated carbocycles. The van der Waals surface area contributed by atoms with Gasteiger partial charge >= 0.3 is 6.09 Å². The van der Waals surface area contributed by atoms with Gasteiger partial charge in [-0.3, -0.25) is 5.43 Å². The van der Waals surface area contributed by atoms with Crippen molar-refractivity contribution in [2.75, 3.05) is 5.43 Å². The van der Waals surface area contributed by atoms with Gasteiger partial charge < -0.3 is 10.1 Å². The zero-order valence-electron chi connectivity index (χ0n) is 17.9. The number of ether oxygens (including phenoxy) is 1. The molecule has 1 amide bonds. The normalized spacial score (nSPS) is 12.5. The lowest BCUT2D eigenvalue weighted by Gasteiger charge is -2.22. The molecule has 3 aromatic rings. The van der Waals surface area contributed by atoms with Crippen LogP contribution in [0.4, 0.5) is 9.93 Å². The minimum Gasteiger partial charge on any atom is -0.444 e. The number of aromatic nitrogens is 1. The summed E-state index contributed by atoms with van der Waals surface area (Å²) in [6.07, 6.45) is 1.70. The molecule has 0 saturated heterocycles. The smallest absolute Gasteiger partial charge is 0.408 e. The Morgan fingerprint density at radius 2 is 1.94 bits per heavy atom. The Morgan fingerprint density at radius 1 is 1.19 bits per heavy atom. The number of nitrogens with zero attached hydrogens (tertiary/aromatic N) is 2. The summed E-state index contributed by atoms with van der Waals surface area (Å²) in [6.45, 7) is 5.47.